The van der Waals surface area contributed by atoms with Gasteiger partial charge in [-0.05, 0) is 68.9 Å². The zero-order chi connectivity index (χ0) is 33.7. The first kappa shape index (κ1) is 29.3. The van der Waals surface area contributed by atoms with Gasteiger partial charge in [0.1, 0.15) is 11.2 Å². The molecule has 1 aliphatic rings. The van der Waals surface area contributed by atoms with Crippen molar-refractivity contribution in [3.05, 3.63) is 181 Å². The van der Waals surface area contributed by atoms with Gasteiger partial charge >= 0.3 is 0 Å². The maximum atomic E-state index is 6.47. The average Bonchev–Trinajstić information content (AvgIpc) is 3.59. The van der Waals surface area contributed by atoms with Gasteiger partial charge in [0.25, 0.3) is 0 Å². The van der Waals surface area contributed by atoms with Gasteiger partial charge < -0.3 is 4.42 Å². The maximum absolute atomic E-state index is 6.47. The Kier molecular flexibility index (Phi) is 6.91. The van der Waals surface area contributed by atoms with Gasteiger partial charge in [-0.15, -0.1) is 0 Å². The average molecular weight is 654 g/mol. The molecule has 0 saturated heterocycles. The Morgan fingerprint density at radius 1 is 0.490 bits per heavy atom. The molecule has 10 rings (SSSR count). The Labute approximate surface area is 295 Å². The number of benzene rings is 7. The van der Waals surface area contributed by atoms with Gasteiger partial charge in [0.05, 0.1) is 0 Å². The second-order valence-corrected chi connectivity index (χ2v) is 13.2. The highest BCUT2D eigenvalue weighted by Gasteiger charge is 2.21. The van der Waals surface area contributed by atoms with Gasteiger partial charge in [0, 0.05) is 33.4 Å². The molecule has 51 heavy (non-hydrogen) atoms. The van der Waals surface area contributed by atoms with E-state index in [9.17, 15) is 0 Å². The van der Waals surface area contributed by atoms with Gasteiger partial charge in [0.15, 0.2) is 17.5 Å². The quantitative estimate of drug-likeness (QED) is 0.185. The molecule has 2 heterocycles. The first-order chi connectivity index (χ1) is 25.2. The number of aromatic nitrogens is 3. The van der Waals surface area contributed by atoms with Crippen molar-refractivity contribution in [3.63, 3.8) is 0 Å². The number of fused-ring (bicyclic) bond motifs is 5. The summed E-state index contributed by atoms with van der Waals surface area (Å²) in [6, 6.07) is 53.0. The van der Waals surface area contributed by atoms with Crippen LogP contribution in [0, 0.1) is 0 Å². The van der Waals surface area contributed by atoms with E-state index in [1.54, 1.807) is 0 Å². The summed E-state index contributed by atoms with van der Waals surface area (Å²) in [5.74, 6) is 2.18. The highest BCUT2D eigenvalue weighted by molar-refractivity contribution is 6.13. The van der Waals surface area contributed by atoms with Crippen molar-refractivity contribution >= 4 is 49.1 Å². The number of furan rings is 1. The van der Waals surface area contributed by atoms with Crippen LogP contribution in [-0.4, -0.2) is 15.0 Å². The van der Waals surface area contributed by atoms with Crippen LogP contribution in [0.15, 0.2) is 174 Å². The van der Waals surface area contributed by atoms with Gasteiger partial charge in [0.2, 0.25) is 0 Å². The normalized spacial score (nSPS) is 14.4. The largest absolute Gasteiger partial charge is 0.456 e. The fourth-order valence-corrected chi connectivity index (χ4v) is 7.38. The molecule has 4 nitrogen and oxygen atoms in total. The van der Waals surface area contributed by atoms with Crippen LogP contribution in [0.3, 0.4) is 0 Å². The Hall–Kier alpha value is -6.65. The molecular weight excluding hydrogens is 623 g/mol. The van der Waals surface area contributed by atoms with Crippen molar-refractivity contribution in [2.75, 3.05) is 0 Å². The van der Waals surface area contributed by atoms with Gasteiger partial charge in [-0.1, -0.05) is 146 Å². The molecular formula is C47H31N3O. The molecule has 0 amide bonds. The standard InChI is InChI=1S/C47H31N3O/c1-2-10-30(11-3-1)39-28-41(44-40-16-8-9-17-42(40)51-43(44)29-39)47-49-45(48-46(50-47)38-25-21-32-13-5-7-15-36(32)27-38)34-22-18-33(19-23-34)37-24-20-31-12-4-6-14-35(31)26-37/h1-18,20-29,33H,19H2. The summed E-state index contributed by atoms with van der Waals surface area (Å²) >= 11 is 0. The summed E-state index contributed by atoms with van der Waals surface area (Å²) in [4.78, 5) is 15.6. The Bertz CT molecular complexity index is 2850. The highest BCUT2D eigenvalue weighted by Crippen LogP contribution is 2.40. The molecule has 2 aromatic heterocycles. The minimum Gasteiger partial charge on any atom is -0.456 e. The lowest BCUT2D eigenvalue weighted by atomic mass is 9.89. The molecule has 9 aromatic rings. The van der Waals surface area contributed by atoms with Crippen LogP contribution >= 0.6 is 0 Å². The highest BCUT2D eigenvalue weighted by atomic mass is 16.3. The smallest absolute Gasteiger partial charge is 0.164 e. The summed E-state index contributed by atoms with van der Waals surface area (Å²) in [7, 11) is 0. The monoisotopic (exact) mass is 653 g/mol. The van der Waals surface area contributed by atoms with E-state index in [-0.39, 0.29) is 5.92 Å². The van der Waals surface area contributed by atoms with E-state index in [0.717, 1.165) is 61.6 Å². The summed E-state index contributed by atoms with van der Waals surface area (Å²) in [6.45, 7) is 0. The number of nitrogens with zero attached hydrogens (tertiary/aromatic N) is 3. The van der Waals surface area contributed by atoms with E-state index in [2.05, 4.69) is 152 Å². The van der Waals surface area contributed by atoms with Crippen LogP contribution < -0.4 is 0 Å². The fourth-order valence-electron chi connectivity index (χ4n) is 7.38. The SMILES string of the molecule is C1=CC(c2ccc3ccccc3c2)CC=C1c1nc(-c2ccc3ccccc3c2)nc(-c2cc(-c3ccccc3)cc3oc4ccccc4c23)n1. The van der Waals surface area contributed by atoms with Crippen LogP contribution in [-0.2, 0) is 0 Å². The topological polar surface area (TPSA) is 51.8 Å². The number of rotatable bonds is 5. The van der Waals surface area contributed by atoms with Crippen LogP contribution in [0.1, 0.15) is 23.7 Å². The lowest BCUT2D eigenvalue weighted by Crippen LogP contribution is -2.05. The third-order valence-electron chi connectivity index (χ3n) is 10.0. The molecule has 0 saturated carbocycles. The Morgan fingerprint density at radius 3 is 1.98 bits per heavy atom. The third-order valence-corrected chi connectivity index (χ3v) is 10.0. The van der Waals surface area contributed by atoms with Crippen molar-refractivity contribution in [2.45, 2.75) is 12.3 Å². The van der Waals surface area contributed by atoms with E-state index >= 15 is 0 Å². The van der Waals surface area contributed by atoms with Crippen molar-refractivity contribution < 1.29 is 4.42 Å². The van der Waals surface area contributed by atoms with Crippen molar-refractivity contribution in [3.8, 4) is 33.9 Å². The minimum absolute atomic E-state index is 0.277. The Balaban J connectivity index is 1.15. The van der Waals surface area contributed by atoms with Crippen LogP contribution in [0.2, 0.25) is 0 Å². The van der Waals surface area contributed by atoms with Crippen LogP contribution in [0.5, 0.6) is 0 Å². The van der Waals surface area contributed by atoms with Gasteiger partial charge in [-0.25, -0.2) is 15.0 Å². The number of allylic oxidation sites excluding steroid dienone is 4. The minimum atomic E-state index is 0.277. The zero-order valence-corrected chi connectivity index (χ0v) is 27.7. The van der Waals surface area contributed by atoms with Crippen LogP contribution in [0.4, 0.5) is 0 Å². The zero-order valence-electron chi connectivity index (χ0n) is 27.7. The van der Waals surface area contributed by atoms with Crippen molar-refractivity contribution in [1.29, 1.82) is 0 Å². The second kappa shape index (κ2) is 12.0. The van der Waals surface area contributed by atoms with Crippen LogP contribution in [0.25, 0.3) is 83.0 Å². The molecule has 1 aliphatic carbocycles. The number of hydrogen-bond acceptors (Lipinski definition) is 4. The van der Waals surface area contributed by atoms with Gasteiger partial charge in [-0.2, -0.15) is 0 Å². The van der Waals surface area contributed by atoms with Gasteiger partial charge in [-0.3, -0.25) is 0 Å². The fraction of sp³-hybridized carbons (Fsp3) is 0.0426. The molecule has 0 fully saturated rings. The molecule has 0 N–H and O–H groups in total. The van der Waals surface area contributed by atoms with Crippen molar-refractivity contribution in [2.24, 2.45) is 0 Å². The van der Waals surface area contributed by atoms with E-state index in [0.29, 0.717) is 17.5 Å². The van der Waals surface area contributed by atoms with E-state index in [1.165, 1.54) is 21.7 Å². The lowest BCUT2D eigenvalue weighted by molar-refractivity contribution is 0.669. The molecule has 1 unspecified atom stereocenters. The summed E-state index contributed by atoms with van der Waals surface area (Å²) in [5, 5.41) is 6.87. The molecule has 0 bridgehead atoms. The Morgan fingerprint density at radius 2 is 1.18 bits per heavy atom. The summed E-state index contributed by atoms with van der Waals surface area (Å²) < 4.78 is 6.47. The van der Waals surface area contributed by atoms with E-state index < -0.39 is 0 Å². The van der Waals surface area contributed by atoms with E-state index in [4.69, 9.17) is 19.4 Å². The first-order valence-electron chi connectivity index (χ1n) is 17.4. The maximum Gasteiger partial charge on any atom is 0.164 e. The predicted octanol–water partition coefficient (Wildman–Crippen LogP) is 12.2. The molecule has 0 spiro atoms. The summed E-state index contributed by atoms with van der Waals surface area (Å²) in [5.41, 5.74) is 7.93. The van der Waals surface area contributed by atoms with E-state index in [1.807, 2.05) is 18.2 Å². The number of para-hydroxylation sites is 1. The second-order valence-electron chi connectivity index (χ2n) is 13.2. The molecule has 240 valence electrons. The molecule has 1 atom stereocenters. The molecule has 0 radical (unpaired) electrons. The number of hydrogen-bond donors (Lipinski definition) is 0. The molecule has 7 aromatic carbocycles. The third kappa shape index (κ3) is 5.29. The van der Waals surface area contributed by atoms with Crippen molar-refractivity contribution in [1.82, 2.24) is 15.0 Å². The molecule has 0 aliphatic heterocycles. The lowest BCUT2D eigenvalue weighted by Gasteiger charge is -2.18. The molecule has 4 heteroatoms. The first-order valence-corrected chi connectivity index (χ1v) is 17.4. The summed E-state index contributed by atoms with van der Waals surface area (Å²) in [6.07, 6.45) is 7.59. The predicted molar refractivity (Wildman–Crippen MR) is 209 cm³/mol.